The summed E-state index contributed by atoms with van der Waals surface area (Å²) in [6.07, 6.45) is 5.03. The highest BCUT2D eigenvalue weighted by atomic mass is 16.5. The van der Waals surface area contributed by atoms with E-state index in [-0.39, 0.29) is 6.04 Å². The second-order valence-electron chi connectivity index (χ2n) is 4.81. The van der Waals surface area contributed by atoms with E-state index < -0.39 is 0 Å². The maximum absolute atomic E-state index is 8.65. The molecule has 0 bridgehead atoms. The minimum atomic E-state index is 0.197. The van der Waals surface area contributed by atoms with Gasteiger partial charge in [0.25, 0.3) is 0 Å². The summed E-state index contributed by atoms with van der Waals surface area (Å²) >= 11 is 0. The van der Waals surface area contributed by atoms with Crippen molar-refractivity contribution in [2.75, 3.05) is 13.2 Å². The van der Waals surface area contributed by atoms with E-state index in [1.807, 2.05) is 19.1 Å². The van der Waals surface area contributed by atoms with Gasteiger partial charge in [-0.15, -0.1) is 0 Å². The van der Waals surface area contributed by atoms with Crippen LogP contribution >= 0.6 is 0 Å². The van der Waals surface area contributed by atoms with Crippen LogP contribution in [-0.4, -0.2) is 24.4 Å². The highest BCUT2D eigenvalue weighted by Gasteiger charge is 1.99. The van der Waals surface area contributed by atoms with Crippen LogP contribution in [0.25, 0.3) is 0 Å². The topological polar surface area (TPSA) is 55.5 Å². The molecule has 18 heavy (non-hydrogen) atoms. The molecule has 0 aliphatic rings. The van der Waals surface area contributed by atoms with Crippen molar-refractivity contribution >= 4 is 0 Å². The van der Waals surface area contributed by atoms with E-state index >= 15 is 0 Å². The lowest BCUT2D eigenvalue weighted by Gasteiger charge is -2.08. The van der Waals surface area contributed by atoms with Gasteiger partial charge in [-0.2, -0.15) is 0 Å². The molecular formula is C15H25NO2. The van der Waals surface area contributed by atoms with Crippen LogP contribution in [0.2, 0.25) is 0 Å². The van der Waals surface area contributed by atoms with Crippen LogP contribution in [0.15, 0.2) is 24.3 Å². The largest absolute Gasteiger partial charge is 0.494 e. The molecule has 1 atom stereocenters. The first-order valence-electron chi connectivity index (χ1n) is 6.80. The van der Waals surface area contributed by atoms with Crippen molar-refractivity contribution in [3.63, 3.8) is 0 Å². The molecular weight excluding hydrogens is 226 g/mol. The minimum Gasteiger partial charge on any atom is -0.494 e. The molecule has 102 valence electrons. The molecule has 3 nitrogen and oxygen atoms in total. The van der Waals surface area contributed by atoms with E-state index in [9.17, 15) is 0 Å². The number of aliphatic hydroxyl groups is 1. The number of unbranched alkanes of at least 4 members (excludes halogenated alkanes) is 3. The lowest BCUT2D eigenvalue weighted by Crippen LogP contribution is -2.17. The van der Waals surface area contributed by atoms with Gasteiger partial charge in [0.05, 0.1) is 6.61 Å². The molecule has 0 saturated carbocycles. The molecule has 1 aromatic carbocycles. The van der Waals surface area contributed by atoms with Gasteiger partial charge in [-0.05, 0) is 50.3 Å². The SMILES string of the molecule is CC(N)Cc1ccc(OCCCCCCO)cc1. The van der Waals surface area contributed by atoms with Crippen molar-refractivity contribution in [3.05, 3.63) is 29.8 Å². The molecule has 0 amide bonds. The zero-order valence-electron chi connectivity index (χ0n) is 11.3. The van der Waals surface area contributed by atoms with Gasteiger partial charge in [-0.25, -0.2) is 0 Å². The van der Waals surface area contributed by atoms with Crippen LogP contribution in [0.3, 0.4) is 0 Å². The predicted molar refractivity (Wildman–Crippen MR) is 74.8 cm³/mol. The Balaban J connectivity index is 2.18. The first-order chi connectivity index (χ1) is 8.72. The molecule has 0 radical (unpaired) electrons. The van der Waals surface area contributed by atoms with E-state index in [0.29, 0.717) is 6.61 Å². The van der Waals surface area contributed by atoms with Gasteiger partial charge in [0, 0.05) is 12.6 Å². The summed E-state index contributed by atoms with van der Waals surface area (Å²) in [5.41, 5.74) is 7.00. The number of nitrogens with two attached hydrogens (primary N) is 1. The maximum atomic E-state index is 8.65. The van der Waals surface area contributed by atoms with E-state index in [0.717, 1.165) is 44.5 Å². The van der Waals surface area contributed by atoms with E-state index in [2.05, 4.69) is 12.1 Å². The maximum Gasteiger partial charge on any atom is 0.119 e. The molecule has 0 spiro atoms. The fourth-order valence-electron chi connectivity index (χ4n) is 1.85. The molecule has 1 unspecified atom stereocenters. The van der Waals surface area contributed by atoms with E-state index in [4.69, 9.17) is 15.6 Å². The quantitative estimate of drug-likeness (QED) is 0.663. The Kier molecular flexibility index (Phi) is 7.46. The smallest absolute Gasteiger partial charge is 0.119 e. The zero-order valence-corrected chi connectivity index (χ0v) is 11.3. The summed E-state index contributed by atoms with van der Waals surface area (Å²) in [4.78, 5) is 0. The van der Waals surface area contributed by atoms with Crippen molar-refractivity contribution in [1.29, 1.82) is 0 Å². The number of ether oxygens (including phenoxy) is 1. The number of aliphatic hydroxyl groups excluding tert-OH is 1. The highest BCUT2D eigenvalue weighted by Crippen LogP contribution is 2.14. The monoisotopic (exact) mass is 251 g/mol. The molecule has 3 heteroatoms. The van der Waals surface area contributed by atoms with Crippen LogP contribution in [0.1, 0.15) is 38.2 Å². The third-order valence-electron chi connectivity index (χ3n) is 2.80. The molecule has 0 aliphatic heterocycles. The van der Waals surface area contributed by atoms with Crippen molar-refractivity contribution in [1.82, 2.24) is 0 Å². The van der Waals surface area contributed by atoms with Crippen LogP contribution in [-0.2, 0) is 6.42 Å². The highest BCUT2D eigenvalue weighted by molar-refractivity contribution is 5.27. The van der Waals surface area contributed by atoms with Crippen LogP contribution in [0, 0.1) is 0 Å². The Labute approximate surface area is 110 Å². The molecule has 0 fully saturated rings. The van der Waals surface area contributed by atoms with E-state index in [1.54, 1.807) is 0 Å². The second kappa shape index (κ2) is 8.95. The summed E-state index contributed by atoms with van der Waals surface area (Å²) in [7, 11) is 0. The Hall–Kier alpha value is -1.06. The van der Waals surface area contributed by atoms with Gasteiger partial charge < -0.3 is 15.6 Å². The zero-order chi connectivity index (χ0) is 13.2. The summed E-state index contributed by atoms with van der Waals surface area (Å²) in [5, 5.41) is 8.65. The molecule has 1 aromatic rings. The van der Waals surface area contributed by atoms with Crippen LogP contribution < -0.4 is 10.5 Å². The molecule has 0 saturated heterocycles. The fourth-order valence-corrected chi connectivity index (χ4v) is 1.85. The molecule has 0 aromatic heterocycles. The van der Waals surface area contributed by atoms with Crippen molar-refractivity contribution in [2.24, 2.45) is 5.73 Å². The molecule has 1 rings (SSSR count). The first kappa shape index (κ1) is 15.0. The summed E-state index contributed by atoms with van der Waals surface area (Å²) in [6.45, 7) is 3.05. The molecule has 0 aliphatic carbocycles. The molecule has 3 N–H and O–H groups in total. The first-order valence-corrected chi connectivity index (χ1v) is 6.80. The Morgan fingerprint density at radius 3 is 2.39 bits per heavy atom. The second-order valence-corrected chi connectivity index (χ2v) is 4.81. The lowest BCUT2D eigenvalue weighted by atomic mass is 10.1. The Bertz CT molecular complexity index is 309. The third-order valence-corrected chi connectivity index (χ3v) is 2.80. The van der Waals surface area contributed by atoms with Gasteiger partial charge in [0.2, 0.25) is 0 Å². The van der Waals surface area contributed by atoms with Crippen LogP contribution in [0.4, 0.5) is 0 Å². The third kappa shape index (κ3) is 6.62. The summed E-state index contributed by atoms with van der Waals surface area (Å²) in [5.74, 6) is 0.922. The molecule has 0 heterocycles. The number of benzene rings is 1. The summed E-state index contributed by atoms with van der Waals surface area (Å²) < 4.78 is 5.65. The fraction of sp³-hybridized carbons (Fsp3) is 0.600. The van der Waals surface area contributed by atoms with Gasteiger partial charge in [0.15, 0.2) is 0 Å². The van der Waals surface area contributed by atoms with Crippen LogP contribution in [0.5, 0.6) is 5.75 Å². The predicted octanol–water partition coefficient (Wildman–Crippen LogP) is 2.51. The summed E-state index contributed by atoms with van der Waals surface area (Å²) in [6, 6.07) is 8.36. The van der Waals surface area contributed by atoms with Gasteiger partial charge in [-0.3, -0.25) is 0 Å². The van der Waals surface area contributed by atoms with E-state index in [1.165, 1.54) is 5.56 Å². The minimum absolute atomic E-state index is 0.197. The lowest BCUT2D eigenvalue weighted by molar-refractivity contribution is 0.273. The van der Waals surface area contributed by atoms with Gasteiger partial charge in [-0.1, -0.05) is 18.6 Å². The Morgan fingerprint density at radius 2 is 1.78 bits per heavy atom. The van der Waals surface area contributed by atoms with Gasteiger partial charge in [0.1, 0.15) is 5.75 Å². The average Bonchev–Trinajstić information content (AvgIpc) is 2.35. The van der Waals surface area contributed by atoms with Crippen molar-refractivity contribution < 1.29 is 9.84 Å². The number of rotatable bonds is 9. The standard InChI is InChI=1S/C15H25NO2/c1-13(16)12-14-6-8-15(9-7-14)18-11-5-3-2-4-10-17/h6-9,13,17H,2-5,10-12,16H2,1H3. The number of hydrogen-bond donors (Lipinski definition) is 2. The van der Waals surface area contributed by atoms with Crippen molar-refractivity contribution in [2.45, 2.75) is 45.1 Å². The Morgan fingerprint density at radius 1 is 1.11 bits per heavy atom. The number of hydrogen-bond acceptors (Lipinski definition) is 3. The van der Waals surface area contributed by atoms with Gasteiger partial charge >= 0.3 is 0 Å². The normalized spacial score (nSPS) is 12.4. The average molecular weight is 251 g/mol. The van der Waals surface area contributed by atoms with Crippen molar-refractivity contribution in [3.8, 4) is 5.75 Å².